The molecule has 0 amide bonds. The lowest BCUT2D eigenvalue weighted by molar-refractivity contribution is 0.232. The Balaban J connectivity index is 1.51. The first-order valence-electron chi connectivity index (χ1n) is 9.57. The summed E-state index contributed by atoms with van der Waals surface area (Å²) in [5, 5.41) is 13.6. The molecule has 7 heteroatoms. The molecule has 1 fully saturated rings. The van der Waals surface area contributed by atoms with E-state index in [4.69, 9.17) is 4.98 Å². The van der Waals surface area contributed by atoms with Crippen LogP contribution in [0.25, 0.3) is 10.2 Å². The van der Waals surface area contributed by atoms with Crippen molar-refractivity contribution in [3.05, 3.63) is 36.5 Å². The molecule has 1 unspecified atom stereocenters. The Labute approximate surface area is 163 Å². The Hall–Kier alpha value is -2.43. The highest BCUT2D eigenvalue weighted by Gasteiger charge is 2.27. The van der Waals surface area contributed by atoms with Gasteiger partial charge in [0.2, 0.25) is 5.96 Å². The Morgan fingerprint density at radius 3 is 2.89 bits per heavy atom. The molecule has 1 N–H and O–H groups in total. The van der Waals surface area contributed by atoms with Gasteiger partial charge in [0.25, 0.3) is 0 Å². The van der Waals surface area contributed by atoms with Crippen molar-refractivity contribution in [2.75, 3.05) is 31.1 Å². The van der Waals surface area contributed by atoms with Crippen LogP contribution in [0.4, 0.5) is 5.13 Å². The Morgan fingerprint density at radius 2 is 2.07 bits per heavy atom. The van der Waals surface area contributed by atoms with E-state index >= 15 is 0 Å². The van der Waals surface area contributed by atoms with Crippen LogP contribution < -0.4 is 10.2 Å². The molecule has 1 aromatic heterocycles. The van der Waals surface area contributed by atoms with Gasteiger partial charge in [0.05, 0.1) is 28.7 Å². The number of piperidine rings is 1. The lowest BCUT2D eigenvalue weighted by Gasteiger charge is -2.32. The molecule has 0 spiro atoms. The Bertz CT molecular complexity index is 841. The smallest absolute Gasteiger partial charge is 0.205 e. The number of nitrogens with zero attached hydrogens (tertiary/aromatic N) is 5. The van der Waals surface area contributed by atoms with E-state index in [1.807, 2.05) is 24.3 Å². The van der Waals surface area contributed by atoms with E-state index in [9.17, 15) is 5.26 Å². The maximum absolute atomic E-state index is 9.26. The number of rotatable bonds is 5. The van der Waals surface area contributed by atoms with E-state index in [0.29, 0.717) is 6.42 Å². The predicted molar refractivity (Wildman–Crippen MR) is 111 cm³/mol. The van der Waals surface area contributed by atoms with Crippen LogP contribution in [0.3, 0.4) is 0 Å². The fourth-order valence-electron chi connectivity index (χ4n) is 3.61. The summed E-state index contributed by atoms with van der Waals surface area (Å²) in [5.41, 5.74) is 0.982. The fourth-order valence-corrected chi connectivity index (χ4v) is 4.63. The Kier molecular flexibility index (Phi) is 5.66. The summed E-state index contributed by atoms with van der Waals surface area (Å²) in [6, 6.07) is 10.4. The molecule has 4 rings (SSSR count). The van der Waals surface area contributed by atoms with Crippen molar-refractivity contribution < 1.29 is 0 Å². The van der Waals surface area contributed by atoms with E-state index in [1.165, 1.54) is 32.4 Å². The van der Waals surface area contributed by atoms with Gasteiger partial charge in [0, 0.05) is 19.3 Å². The number of nitriles is 1. The standard InChI is InChI=1S/C20H24N6S/c21-10-8-16-9-11-22-19(23-12-15-25-13-4-1-5-14-25)26(16)20-24-17-6-2-3-7-18(17)27-20/h2-3,6-7,9,11,16H,1,4-5,8,12-15H2,(H,22,23). The van der Waals surface area contributed by atoms with Gasteiger partial charge >= 0.3 is 0 Å². The minimum Gasteiger partial charge on any atom is -0.354 e. The highest BCUT2D eigenvalue weighted by molar-refractivity contribution is 7.22. The van der Waals surface area contributed by atoms with E-state index in [-0.39, 0.29) is 6.04 Å². The number of hydrogen-bond acceptors (Lipinski definition) is 7. The van der Waals surface area contributed by atoms with Gasteiger partial charge < -0.3 is 10.2 Å². The summed E-state index contributed by atoms with van der Waals surface area (Å²) >= 11 is 1.64. The number of aliphatic imine (C=N–C) groups is 1. The lowest BCUT2D eigenvalue weighted by atomic mass is 10.1. The second-order valence-corrected chi connectivity index (χ2v) is 7.90. The molecular formula is C20H24N6S. The lowest BCUT2D eigenvalue weighted by Crippen LogP contribution is -2.50. The van der Waals surface area contributed by atoms with Gasteiger partial charge in [-0.1, -0.05) is 29.9 Å². The third kappa shape index (κ3) is 4.12. The van der Waals surface area contributed by atoms with Gasteiger partial charge in [-0.25, -0.2) is 9.98 Å². The first-order chi connectivity index (χ1) is 13.3. The summed E-state index contributed by atoms with van der Waals surface area (Å²) in [6.45, 7) is 4.23. The van der Waals surface area contributed by atoms with Crippen LogP contribution in [-0.4, -0.2) is 48.1 Å². The third-order valence-corrected chi connectivity index (χ3v) is 6.05. The number of thiazole rings is 1. The maximum Gasteiger partial charge on any atom is 0.205 e. The number of para-hydroxylation sites is 1. The van der Waals surface area contributed by atoms with Crippen molar-refractivity contribution in [1.82, 2.24) is 15.2 Å². The van der Waals surface area contributed by atoms with Crippen LogP contribution in [0.1, 0.15) is 25.7 Å². The van der Waals surface area contributed by atoms with Gasteiger partial charge in [-0.2, -0.15) is 5.26 Å². The van der Waals surface area contributed by atoms with Crippen LogP contribution in [0.2, 0.25) is 0 Å². The molecule has 0 aliphatic carbocycles. The van der Waals surface area contributed by atoms with Crippen molar-refractivity contribution in [3.8, 4) is 6.07 Å². The molecule has 6 nitrogen and oxygen atoms in total. The molecular weight excluding hydrogens is 356 g/mol. The quantitative estimate of drug-likeness (QED) is 0.862. The highest BCUT2D eigenvalue weighted by atomic mass is 32.1. The summed E-state index contributed by atoms with van der Waals surface area (Å²) < 4.78 is 1.14. The molecule has 3 heterocycles. The van der Waals surface area contributed by atoms with E-state index in [0.717, 1.165) is 34.4 Å². The summed E-state index contributed by atoms with van der Waals surface area (Å²) in [4.78, 5) is 13.9. The molecule has 1 aromatic carbocycles. The zero-order valence-corrected chi connectivity index (χ0v) is 16.2. The SMILES string of the molecule is N#CCC1C=CN=C(NCCN2CCCCC2)N1c1nc2ccccc2s1. The number of hydrogen-bond donors (Lipinski definition) is 1. The van der Waals surface area contributed by atoms with Crippen molar-refractivity contribution in [3.63, 3.8) is 0 Å². The molecule has 140 valence electrons. The van der Waals surface area contributed by atoms with Crippen molar-refractivity contribution in [2.24, 2.45) is 4.99 Å². The largest absolute Gasteiger partial charge is 0.354 e. The van der Waals surface area contributed by atoms with Crippen LogP contribution >= 0.6 is 11.3 Å². The molecule has 1 atom stereocenters. The second-order valence-electron chi connectivity index (χ2n) is 6.89. The first-order valence-corrected chi connectivity index (χ1v) is 10.4. The number of fused-ring (bicyclic) bond motifs is 1. The predicted octanol–water partition coefficient (Wildman–Crippen LogP) is 3.34. The van der Waals surface area contributed by atoms with E-state index in [2.05, 4.69) is 32.2 Å². The van der Waals surface area contributed by atoms with Gasteiger partial charge in [0.15, 0.2) is 5.13 Å². The van der Waals surface area contributed by atoms with Crippen LogP contribution in [0, 0.1) is 11.3 Å². The summed E-state index contributed by atoms with van der Waals surface area (Å²) in [5.74, 6) is 0.786. The second kappa shape index (κ2) is 8.51. The van der Waals surface area contributed by atoms with Crippen LogP contribution in [-0.2, 0) is 0 Å². The zero-order chi connectivity index (χ0) is 18.5. The number of guanidine groups is 1. The average Bonchev–Trinajstić information content (AvgIpc) is 3.13. The number of nitrogens with one attached hydrogen (secondary N) is 1. The van der Waals surface area contributed by atoms with E-state index in [1.54, 1.807) is 17.5 Å². The zero-order valence-electron chi connectivity index (χ0n) is 15.3. The van der Waals surface area contributed by atoms with E-state index < -0.39 is 0 Å². The minimum atomic E-state index is -0.0504. The topological polar surface area (TPSA) is 67.6 Å². The van der Waals surface area contributed by atoms with Crippen molar-refractivity contribution in [1.29, 1.82) is 5.26 Å². The number of anilines is 1. The molecule has 2 aromatic rings. The fraction of sp³-hybridized carbons (Fsp3) is 0.450. The molecule has 27 heavy (non-hydrogen) atoms. The number of likely N-dealkylation sites (tertiary alicyclic amines) is 1. The average molecular weight is 381 g/mol. The van der Waals surface area contributed by atoms with Crippen LogP contribution in [0.15, 0.2) is 41.5 Å². The molecule has 1 saturated heterocycles. The first kappa shape index (κ1) is 18.0. The number of aromatic nitrogens is 1. The highest BCUT2D eigenvalue weighted by Crippen LogP contribution is 2.31. The van der Waals surface area contributed by atoms with Crippen molar-refractivity contribution in [2.45, 2.75) is 31.7 Å². The maximum atomic E-state index is 9.26. The van der Waals surface area contributed by atoms with Gasteiger partial charge in [-0.3, -0.25) is 4.90 Å². The van der Waals surface area contributed by atoms with Gasteiger partial charge in [-0.05, 0) is 44.1 Å². The normalized spacial score (nSPS) is 20.5. The summed E-state index contributed by atoms with van der Waals surface area (Å²) in [7, 11) is 0. The summed E-state index contributed by atoms with van der Waals surface area (Å²) in [6.07, 6.45) is 8.12. The molecule has 2 aliphatic rings. The minimum absolute atomic E-state index is 0.0504. The molecule has 2 aliphatic heterocycles. The van der Waals surface area contributed by atoms with Crippen molar-refractivity contribution >= 4 is 32.6 Å². The van der Waals surface area contributed by atoms with Gasteiger partial charge in [-0.15, -0.1) is 0 Å². The molecule has 0 bridgehead atoms. The number of benzene rings is 1. The molecule has 0 radical (unpaired) electrons. The monoisotopic (exact) mass is 380 g/mol. The Morgan fingerprint density at radius 1 is 1.22 bits per heavy atom. The molecule has 0 saturated carbocycles. The van der Waals surface area contributed by atoms with Crippen LogP contribution in [0.5, 0.6) is 0 Å². The third-order valence-electron chi connectivity index (χ3n) is 5.01. The van der Waals surface area contributed by atoms with Gasteiger partial charge in [0.1, 0.15) is 0 Å².